The second kappa shape index (κ2) is 6.73. The van der Waals surface area contributed by atoms with Crippen molar-refractivity contribution < 1.29 is 0 Å². The summed E-state index contributed by atoms with van der Waals surface area (Å²) in [5.41, 5.74) is 1.09. The van der Waals surface area contributed by atoms with Crippen molar-refractivity contribution in [3.05, 3.63) is 11.4 Å². The predicted molar refractivity (Wildman–Crippen MR) is 82.9 cm³/mol. The van der Waals surface area contributed by atoms with Gasteiger partial charge in [-0.15, -0.1) is 0 Å². The van der Waals surface area contributed by atoms with E-state index in [1.54, 1.807) is 0 Å². The van der Waals surface area contributed by atoms with E-state index in [2.05, 4.69) is 62.1 Å². The van der Waals surface area contributed by atoms with Crippen molar-refractivity contribution in [1.82, 2.24) is 9.97 Å². The van der Waals surface area contributed by atoms with Gasteiger partial charge in [0, 0.05) is 24.6 Å². The largest absolute Gasteiger partial charge is 0.373 e. The molecule has 0 bridgehead atoms. The molecule has 0 aliphatic heterocycles. The third-order valence-corrected chi connectivity index (χ3v) is 3.78. The maximum Gasteiger partial charge on any atom is 0.135 e. The Balaban J connectivity index is 3.08. The molecule has 2 atom stereocenters. The molecule has 0 saturated carbocycles. The van der Waals surface area contributed by atoms with Crippen molar-refractivity contribution in [2.45, 2.75) is 59.9 Å². The fourth-order valence-electron chi connectivity index (χ4n) is 1.89. The van der Waals surface area contributed by atoms with Gasteiger partial charge in [0.1, 0.15) is 17.5 Å². The third-order valence-electron chi connectivity index (χ3n) is 3.78. The van der Waals surface area contributed by atoms with Gasteiger partial charge in [-0.1, -0.05) is 34.1 Å². The summed E-state index contributed by atoms with van der Waals surface area (Å²) in [6, 6.07) is 0.406. The number of aromatic nitrogens is 2. The van der Waals surface area contributed by atoms with Crippen LogP contribution in [0.15, 0.2) is 0 Å². The van der Waals surface area contributed by atoms with Crippen molar-refractivity contribution in [3.63, 3.8) is 0 Å². The van der Waals surface area contributed by atoms with E-state index in [0.717, 1.165) is 29.4 Å². The Kier molecular flexibility index (Phi) is 5.58. The molecule has 2 N–H and O–H groups in total. The average Bonchev–Trinajstić information content (AvgIpc) is 2.39. The number of anilines is 2. The fraction of sp³-hybridized carbons (Fsp3) is 0.733. The van der Waals surface area contributed by atoms with E-state index >= 15 is 0 Å². The summed E-state index contributed by atoms with van der Waals surface area (Å²) < 4.78 is 0. The Morgan fingerprint density at radius 1 is 1.05 bits per heavy atom. The van der Waals surface area contributed by atoms with E-state index in [0.29, 0.717) is 17.9 Å². The topological polar surface area (TPSA) is 49.8 Å². The Morgan fingerprint density at radius 2 is 1.63 bits per heavy atom. The first-order valence-electron chi connectivity index (χ1n) is 7.23. The number of nitrogens with one attached hydrogen (secondary N) is 2. The lowest BCUT2D eigenvalue weighted by atomic mass is 10.0. The summed E-state index contributed by atoms with van der Waals surface area (Å²) in [6.45, 7) is 13.0. The molecule has 4 nitrogen and oxygen atoms in total. The molecule has 0 amide bonds. The molecule has 0 fully saturated rings. The summed E-state index contributed by atoms with van der Waals surface area (Å²) in [4.78, 5) is 9.24. The molecule has 1 rings (SSSR count). The van der Waals surface area contributed by atoms with Crippen LogP contribution in [0.4, 0.5) is 11.6 Å². The first-order chi connectivity index (χ1) is 8.90. The van der Waals surface area contributed by atoms with Gasteiger partial charge in [0.25, 0.3) is 0 Å². The van der Waals surface area contributed by atoms with E-state index in [9.17, 15) is 0 Å². The van der Waals surface area contributed by atoms with Gasteiger partial charge in [0.05, 0.1) is 0 Å². The predicted octanol–water partition coefficient (Wildman–Crippen LogP) is 3.80. The number of nitrogens with zero attached hydrogens (tertiary/aromatic N) is 2. The number of hydrogen-bond acceptors (Lipinski definition) is 4. The van der Waals surface area contributed by atoms with Crippen LogP contribution in [0.2, 0.25) is 0 Å². The Hall–Kier alpha value is -1.32. The lowest BCUT2D eigenvalue weighted by Crippen LogP contribution is -2.25. The van der Waals surface area contributed by atoms with Gasteiger partial charge in [-0.2, -0.15) is 0 Å². The van der Waals surface area contributed by atoms with E-state index in [4.69, 9.17) is 0 Å². The minimum absolute atomic E-state index is 0.326. The van der Waals surface area contributed by atoms with E-state index in [1.165, 1.54) is 0 Å². The van der Waals surface area contributed by atoms with Crippen LogP contribution in [0, 0.1) is 12.8 Å². The van der Waals surface area contributed by atoms with Gasteiger partial charge in [-0.3, -0.25) is 0 Å². The highest BCUT2D eigenvalue weighted by molar-refractivity contribution is 5.57. The first-order valence-corrected chi connectivity index (χ1v) is 7.23. The van der Waals surface area contributed by atoms with Crippen LogP contribution in [0.5, 0.6) is 0 Å². The molecule has 19 heavy (non-hydrogen) atoms. The zero-order valence-corrected chi connectivity index (χ0v) is 13.3. The average molecular weight is 264 g/mol. The van der Waals surface area contributed by atoms with Crippen LogP contribution < -0.4 is 10.6 Å². The Bertz CT molecular complexity index is 415. The highest BCUT2D eigenvalue weighted by atomic mass is 15.1. The Labute approximate surface area is 117 Å². The van der Waals surface area contributed by atoms with Gasteiger partial charge in [-0.25, -0.2) is 9.97 Å². The van der Waals surface area contributed by atoms with Crippen molar-refractivity contribution in [3.8, 4) is 0 Å². The molecule has 0 aliphatic carbocycles. The molecule has 0 aliphatic rings. The molecule has 1 aromatic rings. The van der Waals surface area contributed by atoms with Crippen LogP contribution in [-0.2, 0) is 0 Å². The summed E-state index contributed by atoms with van der Waals surface area (Å²) >= 11 is 0. The van der Waals surface area contributed by atoms with Crippen molar-refractivity contribution in [1.29, 1.82) is 0 Å². The number of hydrogen-bond donors (Lipinski definition) is 2. The van der Waals surface area contributed by atoms with E-state index in [1.807, 2.05) is 7.05 Å². The van der Waals surface area contributed by atoms with Crippen molar-refractivity contribution in [2.75, 3.05) is 17.7 Å². The van der Waals surface area contributed by atoms with Crippen LogP contribution in [-0.4, -0.2) is 23.1 Å². The van der Waals surface area contributed by atoms with Crippen molar-refractivity contribution >= 4 is 11.6 Å². The fourth-order valence-corrected chi connectivity index (χ4v) is 1.89. The lowest BCUT2D eigenvalue weighted by Gasteiger charge is -2.23. The molecule has 0 aromatic carbocycles. The monoisotopic (exact) mass is 264 g/mol. The van der Waals surface area contributed by atoms with Crippen LogP contribution in [0.25, 0.3) is 0 Å². The first kappa shape index (κ1) is 15.7. The van der Waals surface area contributed by atoms with Crippen molar-refractivity contribution in [2.24, 2.45) is 5.92 Å². The second-order valence-electron chi connectivity index (χ2n) is 5.63. The van der Waals surface area contributed by atoms with Crippen LogP contribution in [0.3, 0.4) is 0 Å². The minimum Gasteiger partial charge on any atom is -0.373 e. The number of rotatable bonds is 6. The maximum atomic E-state index is 4.67. The standard InChI is InChI=1S/C15H28N4/c1-8-10(4)12(6)17-15-11(5)14(16-7)18-13(19-15)9(2)3/h9-10,12H,8H2,1-7H3,(H2,16,17,18,19). The highest BCUT2D eigenvalue weighted by Crippen LogP contribution is 2.24. The molecular weight excluding hydrogens is 236 g/mol. The molecule has 4 heteroatoms. The quantitative estimate of drug-likeness (QED) is 0.820. The molecule has 1 aromatic heterocycles. The maximum absolute atomic E-state index is 4.67. The lowest BCUT2D eigenvalue weighted by molar-refractivity contribution is 0.493. The summed E-state index contributed by atoms with van der Waals surface area (Å²) in [5.74, 6) is 3.70. The van der Waals surface area contributed by atoms with Gasteiger partial charge in [0.2, 0.25) is 0 Å². The van der Waals surface area contributed by atoms with Gasteiger partial charge < -0.3 is 10.6 Å². The zero-order valence-electron chi connectivity index (χ0n) is 13.3. The summed E-state index contributed by atoms with van der Waals surface area (Å²) in [6.07, 6.45) is 1.16. The van der Waals surface area contributed by atoms with Gasteiger partial charge in [0.15, 0.2) is 0 Å². The molecule has 108 valence electrons. The highest BCUT2D eigenvalue weighted by Gasteiger charge is 2.16. The second-order valence-corrected chi connectivity index (χ2v) is 5.63. The van der Waals surface area contributed by atoms with Crippen LogP contribution in [0.1, 0.15) is 58.3 Å². The normalized spacial score (nSPS) is 14.3. The summed E-state index contributed by atoms with van der Waals surface area (Å²) in [7, 11) is 1.90. The third kappa shape index (κ3) is 3.82. The Morgan fingerprint density at radius 3 is 2.11 bits per heavy atom. The molecule has 0 radical (unpaired) electrons. The minimum atomic E-state index is 0.326. The SMILES string of the molecule is CCC(C)C(C)Nc1nc(C(C)C)nc(NC)c1C. The molecule has 0 spiro atoms. The van der Waals surface area contributed by atoms with Gasteiger partial charge >= 0.3 is 0 Å². The van der Waals surface area contributed by atoms with Gasteiger partial charge in [-0.05, 0) is 19.8 Å². The molecule has 0 saturated heterocycles. The zero-order chi connectivity index (χ0) is 14.6. The molecule has 1 heterocycles. The van der Waals surface area contributed by atoms with Crippen LogP contribution >= 0.6 is 0 Å². The van der Waals surface area contributed by atoms with E-state index < -0.39 is 0 Å². The molecule has 2 unspecified atom stereocenters. The van der Waals surface area contributed by atoms with E-state index in [-0.39, 0.29) is 0 Å². The molecular formula is C15H28N4. The smallest absolute Gasteiger partial charge is 0.135 e. The summed E-state index contributed by atoms with van der Waals surface area (Å²) in [5, 5.41) is 6.70.